The van der Waals surface area contributed by atoms with E-state index in [0.29, 0.717) is 6.42 Å². The van der Waals surface area contributed by atoms with Crippen LogP contribution in [-0.2, 0) is 19.1 Å². The fourth-order valence-corrected chi connectivity index (χ4v) is 8.06. The Morgan fingerprint density at radius 2 is 2.03 bits per heavy atom. The molecule has 0 aromatic heterocycles. The number of ketones is 2. The third-order valence-electron chi connectivity index (χ3n) is 9.13. The van der Waals surface area contributed by atoms with Crippen molar-refractivity contribution in [1.82, 2.24) is 0 Å². The smallest absolute Gasteiger partial charge is 0.306 e. The molecule has 4 rings (SSSR count). The van der Waals surface area contributed by atoms with E-state index >= 15 is 0 Å². The van der Waals surface area contributed by atoms with Crippen molar-refractivity contribution in [3.8, 4) is 0 Å². The molecule has 0 aromatic carbocycles. The average molecular weight is 449 g/mol. The number of allylic oxidation sites excluding steroid dienone is 4. The van der Waals surface area contributed by atoms with E-state index in [1.165, 1.54) is 0 Å². The molecule has 0 bridgehead atoms. The van der Waals surface area contributed by atoms with Crippen LogP contribution in [0.3, 0.4) is 0 Å². The first-order valence-corrected chi connectivity index (χ1v) is 12.0. The van der Waals surface area contributed by atoms with Gasteiger partial charge in [0.05, 0.1) is 12.0 Å². The van der Waals surface area contributed by atoms with Gasteiger partial charge in [-0.15, -0.1) is 11.6 Å². The Labute approximate surface area is 189 Å². The number of rotatable bonds is 4. The first kappa shape index (κ1) is 22.7. The zero-order chi connectivity index (χ0) is 22.8. The van der Waals surface area contributed by atoms with Crippen LogP contribution >= 0.6 is 11.6 Å². The zero-order valence-corrected chi connectivity index (χ0v) is 19.6. The highest BCUT2D eigenvalue weighted by atomic mass is 35.5. The summed E-state index contributed by atoms with van der Waals surface area (Å²) in [6.07, 6.45) is 7.61. The number of esters is 1. The van der Waals surface area contributed by atoms with E-state index < -0.39 is 23.1 Å². The number of carbonyl (C=O) groups excluding carboxylic acids is 3. The summed E-state index contributed by atoms with van der Waals surface area (Å²) in [5, 5.41) is 11.5. The van der Waals surface area contributed by atoms with Crippen LogP contribution in [0.1, 0.15) is 59.8 Å². The molecule has 3 fully saturated rings. The SMILES string of the molecule is CCC(=O)OC1(C(=O)CCl)C(C)CC2C3CCC4=CC(=O)C=CC4(C)C3C(O)CC21C. The zero-order valence-electron chi connectivity index (χ0n) is 18.8. The summed E-state index contributed by atoms with van der Waals surface area (Å²) in [4.78, 5) is 37.7. The van der Waals surface area contributed by atoms with Gasteiger partial charge in [-0.3, -0.25) is 14.4 Å². The monoisotopic (exact) mass is 448 g/mol. The highest BCUT2D eigenvalue weighted by Crippen LogP contribution is 2.69. The Bertz CT molecular complexity index is 877. The normalized spacial score (nSPS) is 45.9. The molecule has 5 nitrogen and oxygen atoms in total. The average Bonchev–Trinajstić information content (AvgIpc) is 2.94. The third kappa shape index (κ3) is 2.95. The van der Waals surface area contributed by atoms with Gasteiger partial charge in [0, 0.05) is 29.1 Å². The maximum absolute atomic E-state index is 13.3. The van der Waals surface area contributed by atoms with Gasteiger partial charge in [0.1, 0.15) is 0 Å². The van der Waals surface area contributed by atoms with Crippen molar-refractivity contribution in [3.05, 3.63) is 23.8 Å². The molecule has 4 aliphatic carbocycles. The van der Waals surface area contributed by atoms with Crippen molar-refractivity contribution in [3.63, 3.8) is 0 Å². The number of halogens is 1. The summed E-state index contributed by atoms with van der Waals surface area (Å²) in [5.41, 5.74) is -1.28. The lowest BCUT2D eigenvalue weighted by Crippen LogP contribution is -2.64. The molecule has 8 atom stereocenters. The molecule has 3 saturated carbocycles. The number of aliphatic hydroxyl groups excluding tert-OH is 1. The number of alkyl halides is 1. The number of ether oxygens (including phenoxy) is 1. The van der Waals surface area contributed by atoms with Gasteiger partial charge in [-0.1, -0.05) is 39.3 Å². The van der Waals surface area contributed by atoms with Crippen LogP contribution < -0.4 is 0 Å². The molecule has 0 amide bonds. The van der Waals surface area contributed by atoms with Crippen LogP contribution in [0.4, 0.5) is 0 Å². The maximum Gasteiger partial charge on any atom is 0.306 e. The van der Waals surface area contributed by atoms with Gasteiger partial charge in [-0.2, -0.15) is 0 Å². The predicted molar refractivity (Wildman–Crippen MR) is 117 cm³/mol. The summed E-state index contributed by atoms with van der Waals surface area (Å²) >= 11 is 6.06. The summed E-state index contributed by atoms with van der Waals surface area (Å²) in [6, 6.07) is 0. The Morgan fingerprint density at radius 1 is 1.32 bits per heavy atom. The Hall–Kier alpha value is -1.46. The lowest BCUT2D eigenvalue weighted by molar-refractivity contribution is -0.202. The van der Waals surface area contributed by atoms with E-state index in [2.05, 4.69) is 6.92 Å². The van der Waals surface area contributed by atoms with Crippen LogP contribution in [0.25, 0.3) is 0 Å². The van der Waals surface area contributed by atoms with Crippen molar-refractivity contribution < 1.29 is 24.2 Å². The van der Waals surface area contributed by atoms with Crippen molar-refractivity contribution in [2.75, 3.05) is 5.88 Å². The van der Waals surface area contributed by atoms with Gasteiger partial charge >= 0.3 is 5.97 Å². The van der Waals surface area contributed by atoms with E-state index in [-0.39, 0.29) is 53.0 Å². The van der Waals surface area contributed by atoms with Crippen molar-refractivity contribution in [2.24, 2.45) is 34.5 Å². The van der Waals surface area contributed by atoms with Gasteiger partial charge in [-0.25, -0.2) is 0 Å². The number of fused-ring (bicyclic) bond motifs is 5. The first-order chi connectivity index (χ1) is 14.5. The molecular formula is C25H33ClO5. The van der Waals surface area contributed by atoms with E-state index in [9.17, 15) is 19.5 Å². The second-order valence-electron chi connectivity index (χ2n) is 10.5. The molecular weight excluding hydrogens is 416 g/mol. The Kier molecular flexibility index (Phi) is 5.54. The van der Waals surface area contributed by atoms with E-state index in [0.717, 1.165) is 24.8 Å². The van der Waals surface area contributed by atoms with Crippen LogP contribution in [0.15, 0.2) is 23.8 Å². The van der Waals surface area contributed by atoms with Gasteiger partial charge < -0.3 is 9.84 Å². The summed E-state index contributed by atoms with van der Waals surface area (Å²) < 4.78 is 6.01. The Balaban J connectivity index is 1.80. The number of hydrogen-bond acceptors (Lipinski definition) is 5. The van der Waals surface area contributed by atoms with Gasteiger partial charge in [0.2, 0.25) is 0 Å². The topological polar surface area (TPSA) is 80.7 Å². The van der Waals surface area contributed by atoms with Crippen LogP contribution in [0, 0.1) is 34.5 Å². The molecule has 0 spiro atoms. The largest absolute Gasteiger partial charge is 0.450 e. The van der Waals surface area contributed by atoms with Crippen molar-refractivity contribution >= 4 is 29.1 Å². The summed E-state index contributed by atoms with van der Waals surface area (Å²) in [6.45, 7) is 7.84. The number of hydrogen-bond donors (Lipinski definition) is 1. The minimum atomic E-state index is -1.31. The quantitative estimate of drug-likeness (QED) is 0.519. The molecule has 1 N–H and O–H groups in total. The van der Waals surface area contributed by atoms with E-state index in [1.807, 2.05) is 19.9 Å². The number of Topliss-reactive ketones (excluding diaryl/α,β-unsaturated/α-hetero) is 1. The number of carbonyl (C=O) groups is 3. The van der Waals surface area contributed by atoms with Crippen molar-refractivity contribution in [2.45, 2.75) is 71.5 Å². The van der Waals surface area contributed by atoms with Crippen LogP contribution in [0.2, 0.25) is 0 Å². The third-order valence-corrected chi connectivity index (χ3v) is 9.38. The lowest BCUT2D eigenvalue weighted by Gasteiger charge is -2.60. The van der Waals surface area contributed by atoms with Crippen LogP contribution in [0.5, 0.6) is 0 Å². The molecule has 0 saturated heterocycles. The van der Waals surface area contributed by atoms with E-state index in [1.54, 1.807) is 19.1 Å². The fraction of sp³-hybridized carbons (Fsp3) is 0.720. The highest BCUT2D eigenvalue weighted by Gasteiger charge is 2.72. The lowest BCUT2D eigenvalue weighted by atomic mass is 9.46. The van der Waals surface area contributed by atoms with Crippen molar-refractivity contribution in [1.29, 1.82) is 0 Å². The minimum Gasteiger partial charge on any atom is -0.450 e. The molecule has 4 aliphatic rings. The maximum atomic E-state index is 13.3. The van der Waals surface area contributed by atoms with E-state index in [4.69, 9.17) is 16.3 Å². The summed E-state index contributed by atoms with van der Waals surface area (Å²) in [5.74, 6) is -0.798. The molecule has 6 heteroatoms. The first-order valence-electron chi connectivity index (χ1n) is 11.5. The minimum absolute atomic E-state index is 0.00811. The second-order valence-corrected chi connectivity index (χ2v) is 10.7. The molecule has 0 heterocycles. The number of aliphatic hydroxyl groups is 1. The standard InChI is InChI=1S/C25H33ClO5/c1-5-21(30)31-25(20(29)13-26)14(2)10-18-17-7-6-15-11-16(27)8-9-23(15,3)22(17)19(28)12-24(18,25)4/h8-9,11,14,17-19,22,28H,5-7,10,12-13H2,1-4H3. The predicted octanol–water partition coefficient (Wildman–Crippen LogP) is 4.01. The fourth-order valence-electron chi connectivity index (χ4n) is 7.86. The van der Waals surface area contributed by atoms with Crippen LogP contribution in [-0.4, -0.2) is 40.2 Å². The highest BCUT2D eigenvalue weighted by molar-refractivity contribution is 6.29. The molecule has 31 heavy (non-hydrogen) atoms. The van der Waals surface area contributed by atoms with Gasteiger partial charge in [-0.05, 0) is 49.7 Å². The molecule has 170 valence electrons. The molecule has 8 unspecified atom stereocenters. The Morgan fingerprint density at radius 3 is 2.68 bits per heavy atom. The van der Waals surface area contributed by atoms with Gasteiger partial charge in [0.15, 0.2) is 17.2 Å². The molecule has 0 aliphatic heterocycles. The molecule has 0 aromatic rings. The second kappa shape index (κ2) is 7.55. The molecule has 0 radical (unpaired) electrons. The van der Waals surface area contributed by atoms with Gasteiger partial charge in [0.25, 0.3) is 0 Å². The summed E-state index contributed by atoms with van der Waals surface area (Å²) in [7, 11) is 0.